The Balaban J connectivity index is 1.57. The molecule has 0 bridgehead atoms. The van der Waals surface area contributed by atoms with E-state index in [0.717, 1.165) is 25.3 Å². The molecule has 1 aliphatic rings. The van der Waals surface area contributed by atoms with Crippen LogP contribution in [0.2, 0.25) is 0 Å². The maximum absolute atomic E-state index is 13.0. The molecule has 1 fully saturated rings. The molecular formula is C24H29N3O5. The number of benzene rings is 2. The summed E-state index contributed by atoms with van der Waals surface area (Å²) in [7, 11) is 0. The smallest absolute Gasteiger partial charge is 0.245 e. The number of carbonyl (C=O) groups is 3. The standard InChI is InChI=1S/C24H29N3O5/c25-22(30)15-20(26-23(31)13-18-6-7-19(28)14-21(18)29)24(32)27-10-8-17(9-11-27)12-16-4-2-1-3-5-16/h1-7,14,17,20,28-29H,8-13,15H2,(H2,25,30)(H,26,31)/t20-/m0/s1. The first-order valence-electron chi connectivity index (χ1n) is 10.7. The Labute approximate surface area is 187 Å². The van der Waals surface area contributed by atoms with Crippen LogP contribution in [0.15, 0.2) is 48.5 Å². The molecule has 32 heavy (non-hydrogen) atoms. The van der Waals surface area contributed by atoms with Crippen molar-refractivity contribution in [2.24, 2.45) is 11.7 Å². The van der Waals surface area contributed by atoms with E-state index in [1.54, 1.807) is 4.90 Å². The molecular weight excluding hydrogens is 410 g/mol. The molecule has 3 rings (SSSR count). The van der Waals surface area contributed by atoms with Gasteiger partial charge in [-0.1, -0.05) is 36.4 Å². The van der Waals surface area contributed by atoms with Crippen LogP contribution in [0.3, 0.4) is 0 Å². The summed E-state index contributed by atoms with van der Waals surface area (Å²) < 4.78 is 0. The predicted octanol–water partition coefficient (Wildman–Crippen LogP) is 1.48. The van der Waals surface area contributed by atoms with Crippen LogP contribution < -0.4 is 11.1 Å². The van der Waals surface area contributed by atoms with Gasteiger partial charge in [0.15, 0.2) is 0 Å². The van der Waals surface area contributed by atoms with E-state index in [-0.39, 0.29) is 30.2 Å². The molecule has 0 unspecified atom stereocenters. The van der Waals surface area contributed by atoms with Crippen LogP contribution in [0, 0.1) is 5.92 Å². The zero-order valence-electron chi connectivity index (χ0n) is 17.9. The minimum atomic E-state index is -1.05. The third-order valence-electron chi connectivity index (χ3n) is 5.75. The van der Waals surface area contributed by atoms with Crippen molar-refractivity contribution in [3.05, 3.63) is 59.7 Å². The molecule has 1 aliphatic heterocycles. The van der Waals surface area contributed by atoms with Gasteiger partial charge in [0.05, 0.1) is 12.8 Å². The largest absolute Gasteiger partial charge is 0.508 e. The number of piperidine rings is 1. The predicted molar refractivity (Wildman–Crippen MR) is 119 cm³/mol. The van der Waals surface area contributed by atoms with Crippen LogP contribution in [0.25, 0.3) is 0 Å². The van der Waals surface area contributed by atoms with E-state index in [4.69, 9.17) is 5.73 Å². The lowest BCUT2D eigenvalue weighted by Gasteiger charge is -2.34. The molecule has 0 spiro atoms. The summed E-state index contributed by atoms with van der Waals surface area (Å²) >= 11 is 0. The van der Waals surface area contributed by atoms with E-state index < -0.39 is 17.9 Å². The normalized spacial score (nSPS) is 15.2. The molecule has 0 radical (unpaired) electrons. The van der Waals surface area contributed by atoms with Crippen molar-refractivity contribution in [1.82, 2.24) is 10.2 Å². The molecule has 3 amide bonds. The van der Waals surface area contributed by atoms with Crippen LogP contribution in [0.5, 0.6) is 11.5 Å². The highest BCUT2D eigenvalue weighted by Gasteiger charge is 2.30. The van der Waals surface area contributed by atoms with Crippen LogP contribution in [-0.2, 0) is 27.2 Å². The van der Waals surface area contributed by atoms with E-state index in [2.05, 4.69) is 17.4 Å². The van der Waals surface area contributed by atoms with Gasteiger partial charge in [-0.15, -0.1) is 0 Å². The number of rotatable bonds is 8. The Morgan fingerprint density at radius 2 is 1.75 bits per heavy atom. The number of phenolic OH excluding ortho intramolecular Hbond substituents is 2. The van der Waals surface area contributed by atoms with Gasteiger partial charge in [-0.2, -0.15) is 0 Å². The van der Waals surface area contributed by atoms with Crippen molar-refractivity contribution in [3.63, 3.8) is 0 Å². The summed E-state index contributed by atoms with van der Waals surface area (Å²) in [6, 6.07) is 13.1. The third-order valence-corrected chi connectivity index (χ3v) is 5.75. The van der Waals surface area contributed by atoms with E-state index in [0.29, 0.717) is 24.6 Å². The molecule has 1 saturated heterocycles. The zero-order chi connectivity index (χ0) is 23.1. The van der Waals surface area contributed by atoms with Crippen molar-refractivity contribution < 1.29 is 24.6 Å². The average Bonchev–Trinajstić information content (AvgIpc) is 2.76. The van der Waals surface area contributed by atoms with E-state index in [9.17, 15) is 24.6 Å². The van der Waals surface area contributed by atoms with Crippen LogP contribution in [0.4, 0.5) is 0 Å². The lowest BCUT2D eigenvalue weighted by molar-refractivity contribution is -0.139. The topological polar surface area (TPSA) is 133 Å². The molecule has 0 aliphatic carbocycles. The van der Waals surface area contributed by atoms with Gasteiger partial charge in [-0.25, -0.2) is 0 Å². The second-order valence-corrected chi connectivity index (χ2v) is 8.24. The Morgan fingerprint density at radius 3 is 2.38 bits per heavy atom. The fourth-order valence-corrected chi connectivity index (χ4v) is 4.05. The van der Waals surface area contributed by atoms with E-state index >= 15 is 0 Å². The molecule has 5 N–H and O–H groups in total. The molecule has 8 heteroatoms. The monoisotopic (exact) mass is 439 g/mol. The molecule has 1 atom stereocenters. The van der Waals surface area contributed by atoms with Crippen molar-refractivity contribution >= 4 is 17.7 Å². The maximum atomic E-state index is 13.0. The van der Waals surface area contributed by atoms with Gasteiger partial charge in [0.2, 0.25) is 17.7 Å². The van der Waals surface area contributed by atoms with Crippen molar-refractivity contribution in [1.29, 1.82) is 0 Å². The van der Waals surface area contributed by atoms with Gasteiger partial charge in [0.25, 0.3) is 0 Å². The Kier molecular flexibility index (Phi) is 7.70. The van der Waals surface area contributed by atoms with Crippen molar-refractivity contribution in [2.75, 3.05) is 13.1 Å². The molecule has 2 aromatic carbocycles. The fraction of sp³-hybridized carbons (Fsp3) is 0.375. The highest BCUT2D eigenvalue weighted by molar-refractivity contribution is 5.92. The van der Waals surface area contributed by atoms with Crippen LogP contribution in [-0.4, -0.2) is 52.0 Å². The van der Waals surface area contributed by atoms with Gasteiger partial charge < -0.3 is 26.2 Å². The summed E-state index contributed by atoms with van der Waals surface area (Å²) in [6.45, 7) is 1.11. The molecule has 0 aromatic heterocycles. The summed E-state index contributed by atoms with van der Waals surface area (Å²) in [4.78, 5) is 38.7. The number of nitrogens with zero attached hydrogens (tertiary/aromatic N) is 1. The lowest BCUT2D eigenvalue weighted by Crippen LogP contribution is -2.52. The quantitative estimate of drug-likeness (QED) is 0.495. The van der Waals surface area contributed by atoms with Crippen molar-refractivity contribution in [2.45, 2.75) is 38.1 Å². The maximum Gasteiger partial charge on any atom is 0.245 e. The van der Waals surface area contributed by atoms with Gasteiger partial charge >= 0.3 is 0 Å². The Morgan fingerprint density at radius 1 is 1.06 bits per heavy atom. The molecule has 1 heterocycles. The number of nitrogens with one attached hydrogen (secondary N) is 1. The fourth-order valence-electron chi connectivity index (χ4n) is 4.05. The highest BCUT2D eigenvalue weighted by atomic mass is 16.3. The molecule has 2 aromatic rings. The summed E-state index contributed by atoms with van der Waals surface area (Å²) in [6.07, 6.45) is 2.16. The van der Waals surface area contributed by atoms with Crippen LogP contribution >= 0.6 is 0 Å². The number of aromatic hydroxyl groups is 2. The second kappa shape index (κ2) is 10.7. The van der Waals surface area contributed by atoms with Crippen molar-refractivity contribution in [3.8, 4) is 11.5 Å². The van der Waals surface area contributed by atoms with Crippen LogP contribution in [0.1, 0.15) is 30.4 Å². The van der Waals surface area contributed by atoms with Gasteiger partial charge in [0.1, 0.15) is 17.5 Å². The summed E-state index contributed by atoms with van der Waals surface area (Å²) in [5, 5.41) is 21.8. The first kappa shape index (κ1) is 23.1. The minimum Gasteiger partial charge on any atom is -0.508 e. The van der Waals surface area contributed by atoms with Gasteiger partial charge in [0, 0.05) is 24.7 Å². The molecule has 8 nitrogen and oxygen atoms in total. The second-order valence-electron chi connectivity index (χ2n) is 8.24. The summed E-state index contributed by atoms with van der Waals surface area (Å²) in [5.74, 6) is -1.41. The Hall–Kier alpha value is -3.55. The number of hydrogen-bond donors (Lipinski definition) is 4. The SMILES string of the molecule is NC(=O)C[C@H](NC(=O)Cc1ccc(O)cc1O)C(=O)N1CCC(Cc2ccccc2)CC1. The average molecular weight is 440 g/mol. The first-order chi connectivity index (χ1) is 15.3. The van der Waals surface area contributed by atoms with E-state index in [1.807, 2.05) is 18.2 Å². The number of nitrogens with two attached hydrogens (primary N) is 1. The van der Waals surface area contributed by atoms with E-state index in [1.165, 1.54) is 17.7 Å². The zero-order valence-corrected chi connectivity index (χ0v) is 17.9. The van der Waals surface area contributed by atoms with Gasteiger partial charge in [-0.3, -0.25) is 14.4 Å². The van der Waals surface area contributed by atoms with Gasteiger partial charge in [-0.05, 0) is 36.8 Å². The number of amides is 3. The minimum absolute atomic E-state index is 0.121. The highest BCUT2D eigenvalue weighted by Crippen LogP contribution is 2.24. The molecule has 0 saturated carbocycles. The Bertz CT molecular complexity index is 955. The third kappa shape index (κ3) is 6.47. The molecule has 170 valence electrons. The number of hydrogen-bond acceptors (Lipinski definition) is 5. The number of primary amides is 1. The number of phenols is 2. The number of carbonyl (C=O) groups excluding carboxylic acids is 3. The number of likely N-dealkylation sites (tertiary alicyclic amines) is 1. The summed E-state index contributed by atoms with van der Waals surface area (Å²) in [5.41, 5.74) is 6.88. The lowest BCUT2D eigenvalue weighted by atomic mass is 9.90. The first-order valence-corrected chi connectivity index (χ1v) is 10.7.